The molecule has 0 unspecified atom stereocenters. The molecular weight excluding hydrogens is 301 g/mol. The van der Waals surface area contributed by atoms with Crippen LogP contribution in [0.4, 0.5) is 5.69 Å². The maximum absolute atomic E-state index is 5.67. The number of hydrogen-bond donors (Lipinski definition) is 2. The highest BCUT2D eigenvalue weighted by Gasteiger charge is 2.00. The lowest BCUT2D eigenvalue weighted by Gasteiger charge is -2.10. The lowest BCUT2D eigenvalue weighted by atomic mass is 10.1. The van der Waals surface area contributed by atoms with Gasteiger partial charge < -0.3 is 11.1 Å². The van der Waals surface area contributed by atoms with Gasteiger partial charge >= 0.3 is 0 Å². The zero-order valence-corrected chi connectivity index (χ0v) is 11.7. The van der Waals surface area contributed by atoms with Gasteiger partial charge in [-0.1, -0.05) is 12.1 Å². The van der Waals surface area contributed by atoms with Crippen LogP contribution in [0.25, 0.3) is 0 Å². The Hall–Kier alpha value is -0.780. The Morgan fingerprint density at radius 2 is 2.07 bits per heavy atom. The fourth-order valence-corrected chi connectivity index (χ4v) is 1.23. The van der Waals surface area contributed by atoms with E-state index in [1.165, 1.54) is 11.1 Å². The normalized spacial score (nSPS) is 10.7. The lowest BCUT2D eigenvalue weighted by molar-refractivity contribution is 1.12. The van der Waals surface area contributed by atoms with Crippen LogP contribution in [0, 0.1) is 13.8 Å². The van der Waals surface area contributed by atoms with E-state index in [1.54, 1.807) is 0 Å². The van der Waals surface area contributed by atoms with Crippen molar-refractivity contribution in [2.75, 3.05) is 11.9 Å². The number of aryl methyl sites for hydroxylation is 1. The summed E-state index contributed by atoms with van der Waals surface area (Å²) in [6, 6.07) is 6.08. The summed E-state index contributed by atoms with van der Waals surface area (Å²) in [5.74, 6) is 0.473. The quantitative estimate of drug-likeness (QED) is 0.500. The summed E-state index contributed by atoms with van der Waals surface area (Å²) in [6.45, 7) is 6.80. The molecule has 1 rings (SSSR count). The van der Waals surface area contributed by atoms with Gasteiger partial charge in [-0.2, -0.15) is 0 Å². The third kappa shape index (κ3) is 4.07. The van der Waals surface area contributed by atoms with Crippen LogP contribution in [0.2, 0.25) is 0 Å². The monoisotopic (exact) mass is 319 g/mol. The topological polar surface area (TPSA) is 50.4 Å². The van der Waals surface area contributed by atoms with E-state index in [-0.39, 0.29) is 24.0 Å². The van der Waals surface area contributed by atoms with Gasteiger partial charge in [-0.05, 0) is 38.0 Å². The molecule has 0 amide bonds. The van der Waals surface area contributed by atoms with Crippen LogP contribution in [0.1, 0.15) is 18.1 Å². The van der Waals surface area contributed by atoms with Gasteiger partial charge in [-0.3, -0.25) is 4.99 Å². The Labute approximate surface area is 108 Å². The van der Waals surface area contributed by atoms with E-state index in [0.29, 0.717) is 12.5 Å². The van der Waals surface area contributed by atoms with E-state index in [4.69, 9.17) is 5.73 Å². The van der Waals surface area contributed by atoms with Gasteiger partial charge in [0.2, 0.25) is 0 Å². The van der Waals surface area contributed by atoms with Crippen molar-refractivity contribution in [3.63, 3.8) is 0 Å². The zero-order chi connectivity index (χ0) is 10.6. The number of halogens is 1. The van der Waals surface area contributed by atoms with Gasteiger partial charge in [0.05, 0.1) is 0 Å². The average Bonchev–Trinajstić information content (AvgIpc) is 2.13. The lowest BCUT2D eigenvalue weighted by Crippen LogP contribution is -2.23. The molecule has 0 aliphatic rings. The molecule has 0 bridgehead atoms. The van der Waals surface area contributed by atoms with E-state index < -0.39 is 0 Å². The van der Waals surface area contributed by atoms with Crippen molar-refractivity contribution >= 4 is 35.6 Å². The average molecular weight is 319 g/mol. The van der Waals surface area contributed by atoms with E-state index in [1.807, 2.05) is 19.1 Å². The van der Waals surface area contributed by atoms with E-state index >= 15 is 0 Å². The Morgan fingerprint density at radius 3 is 2.67 bits per heavy atom. The van der Waals surface area contributed by atoms with E-state index in [9.17, 15) is 0 Å². The Kier molecular flexibility index (Phi) is 6.31. The van der Waals surface area contributed by atoms with Crippen molar-refractivity contribution in [3.8, 4) is 0 Å². The molecule has 0 aliphatic carbocycles. The number of rotatable bonds is 2. The van der Waals surface area contributed by atoms with E-state index in [2.05, 4.69) is 30.2 Å². The predicted octanol–water partition coefficient (Wildman–Crippen LogP) is 2.67. The largest absolute Gasteiger partial charge is 0.370 e. The van der Waals surface area contributed by atoms with Gasteiger partial charge in [-0.25, -0.2) is 0 Å². The fraction of sp³-hybridized carbons (Fsp3) is 0.364. The second-order valence-corrected chi connectivity index (χ2v) is 3.23. The first-order valence-electron chi connectivity index (χ1n) is 4.78. The molecule has 0 fully saturated rings. The SMILES string of the molecule is CCN=C(N)Nc1cccc(C)c1C.I. The minimum Gasteiger partial charge on any atom is -0.370 e. The number of guanidine groups is 1. The highest BCUT2D eigenvalue weighted by molar-refractivity contribution is 14.0. The molecule has 0 radical (unpaired) electrons. The minimum atomic E-state index is 0. The molecule has 3 N–H and O–H groups in total. The Balaban J connectivity index is 0.00000196. The summed E-state index contributed by atoms with van der Waals surface area (Å²) in [7, 11) is 0. The summed E-state index contributed by atoms with van der Waals surface area (Å²) >= 11 is 0. The Bertz CT molecular complexity index is 348. The first-order chi connectivity index (χ1) is 6.65. The number of hydrogen-bond acceptors (Lipinski definition) is 1. The zero-order valence-electron chi connectivity index (χ0n) is 9.37. The van der Waals surface area contributed by atoms with Gasteiger partial charge in [-0.15, -0.1) is 24.0 Å². The minimum absolute atomic E-state index is 0. The fourth-order valence-electron chi connectivity index (χ4n) is 1.23. The standard InChI is InChI=1S/C11H17N3.HI/c1-4-13-11(12)14-10-7-5-6-8(2)9(10)3;/h5-7H,4H2,1-3H3,(H3,12,13,14);1H. The Morgan fingerprint density at radius 1 is 1.40 bits per heavy atom. The summed E-state index contributed by atoms with van der Waals surface area (Å²) in [5.41, 5.74) is 9.16. The molecule has 84 valence electrons. The summed E-state index contributed by atoms with van der Waals surface area (Å²) < 4.78 is 0. The van der Waals surface area contributed by atoms with Crippen LogP contribution < -0.4 is 11.1 Å². The number of nitrogens with zero attached hydrogens (tertiary/aromatic N) is 1. The number of nitrogens with one attached hydrogen (secondary N) is 1. The van der Waals surface area contributed by atoms with Crippen LogP contribution in [-0.4, -0.2) is 12.5 Å². The molecule has 0 saturated heterocycles. The molecule has 1 aromatic rings. The molecule has 0 heterocycles. The molecule has 0 saturated carbocycles. The van der Waals surface area contributed by atoms with Crippen molar-refractivity contribution in [3.05, 3.63) is 29.3 Å². The van der Waals surface area contributed by atoms with Crippen molar-refractivity contribution in [2.24, 2.45) is 10.7 Å². The molecule has 0 aliphatic heterocycles. The maximum Gasteiger partial charge on any atom is 0.193 e. The molecular formula is C11H18IN3. The number of anilines is 1. The molecule has 1 aromatic carbocycles. The smallest absolute Gasteiger partial charge is 0.193 e. The van der Waals surface area contributed by atoms with Gasteiger partial charge in [0.1, 0.15) is 0 Å². The number of nitrogens with two attached hydrogens (primary N) is 1. The summed E-state index contributed by atoms with van der Waals surface area (Å²) in [5, 5.41) is 3.08. The first-order valence-corrected chi connectivity index (χ1v) is 4.78. The van der Waals surface area contributed by atoms with Gasteiger partial charge in [0.25, 0.3) is 0 Å². The van der Waals surface area contributed by atoms with Crippen molar-refractivity contribution in [2.45, 2.75) is 20.8 Å². The predicted molar refractivity (Wildman–Crippen MR) is 77.1 cm³/mol. The third-order valence-corrected chi connectivity index (χ3v) is 2.20. The second kappa shape index (κ2) is 6.66. The first kappa shape index (κ1) is 14.2. The van der Waals surface area contributed by atoms with E-state index in [0.717, 1.165) is 5.69 Å². The highest BCUT2D eigenvalue weighted by Crippen LogP contribution is 2.17. The van der Waals surface area contributed by atoms with Crippen LogP contribution in [0.15, 0.2) is 23.2 Å². The molecule has 0 atom stereocenters. The van der Waals surface area contributed by atoms with Crippen LogP contribution >= 0.6 is 24.0 Å². The molecule has 15 heavy (non-hydrogen) atoms. The van der Waals surface area contributed by atoms with Gasteiger partial charge in [0.15, 0.2) is 5.96 Å². The summed E-state index contributed by atoms with van der Waals surface area (Å²) in [4.78, 5) is 4.07. The third-order valence-electron chi connectivity index (χ3n) is 2.20. The number of benzene rings is 1. The van der Waals surface area contributed by atoms with Crippen LogP contribution in [0.5, 0.6) is 0 Å². The molecule has 0 spiro atoms. The van der Waals surface area contributed by atoms with Gasteiger partial charge in [0, 0.05) is 12.2 Å². The van der Waals surface area contributed by atoms with Crippen LogP contribution in [0.3, 0.4) is 0 Å². The summed E-state index contributed by atoms with van der Waals surface area (Å²) in [6.07, 6.45) is 0. The maximum atomic E-state index is 5.67. The second-order valence-electron chi connectivity index (χ2n) is 3.23. The highest BCUT2D eigenvalue weighted by atomic mass is 127. The molecule has 0 aromatic heterocycles. The molecule has 3 nitrogen and oxygen atoms in total. The van der Waals surface area contributed by atoms with Crippen molar-refractivity contribution < 1.29 is 0 Å². The van der Waals surface area contributed by atoms with Crippen molar-refractivity contribution in [1.82, 2.24) is 0 Å². The van der Waals surface area contributed by atoms with Crippen molar-refractivity contribution in [1.29, 1.82) is 0 Å². The number of aliphatic imine (C=N–C) groups is 1. The van der Waals surface area contributed by atoms with Crippen LogP contribution in [-0.2, 0) is 0 Å². The molecule has 4 heteroatoms.